The molecule has 3 aromatic rings. The number of hydrogen-bond donors (Lipinski definition) is 2. The van der Waals surface area contributed by atoms with Crippen molar-refractivity contribution in [2.75, 3.05) is 18.4 Å². The lowest BCUT2D eigenvalue weighted by Crippen LogP contribution is -2.37. The number of fused-ring (bicyclic) bond motifs is 3. The Kier molecular flexibility index (Phi) is 4.61. The summed E-state index contributed by atoms with van der Waals surface area (Å²) in [6.45, 7) is 1.46. The quantitative estimate of drug-likeness (QED) is 0.684. The highest BCUT2D eigenvalue weighted by atomic mass is 35.5. The Balaban J connectivity index is 1.49. The molecule has 1 aromatic heterocycles. The summed E-state index contributed by atoms with van der Waals surface area (Å²) < 4.78 is 14.4. The van der Waals surface area contributed by atoms with E-state index in [4.69, 9.17) is 23.2 Å². The van der Waals surface area contributed by atoms with Gasteiger partial charge >= 0.3 is 0 Å². The van der Waals surface area contributed by atoms with Crippen LogP contribution in [0.1, 0.15) is 11.3 Å². The lowest BCUT2D eigenvalue weighted by Gasteiger charge is -2.26. The first-order valence-corrected chi connectivity index (χ1v) is 9.02. The molecule has 7 heteroatoms. The zero-order valence-corrected chi connectivity index (χ0v) is 15.3. The van der Waals surface area contributed by atoms with Crippen LogP contribution in [0.5, 0.6) is 0 Å². The molecule has 0 radical (unpaired) electrons. The van der Waals surface area contributed by atoms with Crippen LogP contribution in [0.15, 0.2) is 36.4 Å². The smallest absolute Gasteiger partial charge is 0.238 e. The number of carbonyl (C=O) groups is 1. The minimum atomic E-state index is -0.383. The van der Waals surface area contributed by atoms with Crippen molar-refractivity contribution in [2.45, 2.75) is 13.0 Å². The maximum atomic E-state index is 14.4. The van der Waals surface area contributed by atoms with Gasteiger partial charge in [-0.1, -0.05) is 35.3 Å². The molecule has 0 saturated carbocycles. The predicted octanol–water partition coefficient (Wildman–Crippen LogP) is 4.61. The van der Waals surface area contributed by atoms with Gasteiger partial charge in [0.1, 0.15) is 0 Å². The van der Waals surface area contributed by atoms with Crippen LogP contribution in [0.3, 0.4) is 0 Å². The first-order chi connectivity index (χ1) is 12.5. The normalized spacial score (nSPS) is 14.4. The van der Waals surface area contributed by atoms with E-state index < -0.39 is 0 Å². The third-order valence-corrected chi connectivity index (χ3v) is 5.24. The van der Waals surface area contributed by atoms with Crippen molar-refractivity contribution in [3.05, 3.63) is 63.5 Å². The standard InChI is InChI=1S/C19H16Cl2FN3O/c20-12-3-1-2-4-14(12)24-17(26)10-25-8-7-11-16(9-25)23-15-6-5-13(21)19(22)18(11)15/h1-6,23H,7-10H2,(H,24,26). The maximum absolute atomic E-state index is 14.4. The number of H-pyrrole nitrogens is 1. The Morgan fingerprint density at radius 1 is 1.19 bits per heavy atom. The number of halogens is 3. The van der Waals surface area contributed by atoms with E-state index >= 15 is 0 Å². The molecule has 0 atom stereocenters. The molecule has 4 rings (SSSR count). The molecule has 0 fully saturated rings. The van der Waals surface area contributed by atoms with Gasteiger partial charge in [-0.2, -0.15) is 0 Å². The maximum Gasteiger partial charge on any atom is 0.238 e. The average molecular weight is 392 g/mol. The van der Waals surface area contributed by atoms with Crippen LogP contribution in [-0.4, -0.2) is 28.9 Å². The molecule has 1 aliphatic rings. The van der Waals surface area contributed by atoms with Gasteiger partial charge in [-0.15, -0.1) is 0 Å². The van der Waals surface area contributed by atoms with Gasteiger partial charge in [0.2, 0.25) is 5.91 Å². The summed E-state index contributed by atoms with van der Waals surface area (Å²) in [5.41, 5.74) is 3.21. The second-order valence-corrected chi connectivity index (χ2v) is 7.17. The number of hydrogen-bond acceptors (Lipinski definition) is 2. The van der Waals surface area contributed by atoms with Crippen LogP contribution in [0.25, 0.3) is 10.9 Å². The minimum Gasteiger partial charge on any atom is -0.357 e. The summed E-state index contributed by atoms with van der Waals surface area (Å²) in [6, 6.07) is 10.5. The number of carbonyl (C=O) groups excluding carboxylic acids is 1. The highest BCUT2D eigenvalue weighted by molar-refractivity contribution is 6.33. The number of aromatic nitrogens is 1. The Morgan fingerprint density at radius 2 is 2.00 bits per heavy atom. The number of para-hydroxylation sites is 1. The first-order valence-electron chi connectivity index (χ1n) is 8.27. The number of rotatable bonds is 3. The molecule has 2 N–H and O–H groups in total. The second-order valence-electron chi connectivity index (χ2n) is 6.35. The van der Waals surface area contributed by atoms with Crippen molar-refractivity contribution in [3.8, 4) is 0 Å². The molecule has 134 valence electrons. The SMILES string of the molecule is O=C(CN1CCc2c([nH]c3ccc(Cl)c(F)c23)C1)Nc1ccccc1Cl. The van der Waals surface area contributed by atoms with Gasteiger partial charge in [-0.05, 0) is 36.2 Å². The largest absolute Gasteiger partial charge is 0.357 e. The van der Waals surface area contributed by atoms with Crippen LogP contribution >= 0.6 is 23.2 Å². The zero-order valence-electron chi connectivity index (χ0n) is 13.8. The summed E-state index contributed by atoms with van der Waals surface area (Å²) in [4.78, 5) is 17.6. The summed E-state index contributed by atoms with van der Waals surface area (Å²) in [7, 11) is 0. The van der Waals surface area contributed by atoms with E-state index in [9.17, 15) is 9.18 Å². The summed E-state index contributed by atoms with van der Waals surface area (Å²) >= 11 is 12.0. The van der Waals surface area contributed by atoms with Crippen molar-refractivity contribution >= 4 is 45.7 Å². The van der Waals surface area contributed by atoms with E-state index in [0.29, 0.717) is 35.6 Å². The molecular weight excluding hydrogens is 376 g/mol. The molecule has 1 aliphatic heterocycles. The van der Waals surface area contributed by atoms with E-state index in [2.05, 4.69) is 10.3 Å². The van der Waals surface area contributed by atoms with Crippen molar-refractivity contribution < 1.29 is 9.18 Å². The monoisotopic (exact) mass is 391 g/mol. The van der Waals surface area contributed by atoms with Crippen molar-refractivity contribution in [1.82, 2.24) is 9.88 Å². The molecule has 2 heterocycles. The summed E-state index contributed by atoms with van der Waals surface area (Å²) in [5.74, 6) is -0.515. The van der Waals surface area contributed by atoms with Crippen molar-refractivity contribution in [2.24, 2.45) is 0 Å². The molecule has 0 unspecified atom stereocenters. The number of anilines is 1. The highest BCUT2D eigenvalue weighted by Crippen LogP contribution is 2.32. The Hall–Kier alpha value is -2.08. The Morgan fingerprint density at radius 3 is 2.81 bits per heavy atom. The molecule has 4 nitrogen and oxygen atoms in total. The van der Waals surface area contributed by atoms with Crippen LogP contribution in [-0.2, 0) is 17.8 Å². The predicted molar refractivity (Wildman–Crippen MR) is 102 cm³/mol. The molecule has 0 spiro atoms. The minimum absolute atomic E-state index is 0.126. The zero-order chi connectivity index (χ0) is 18.3. The molecule has 26 heavy (non-hydrogen) atoms. The summed E-state index contributed by atoms with van der Waals surface area (Å²) in [5, 5.41) is 4.02. The van der Waals surface area contributed by atoms with Crippen LogP contribution in [0.4, 0.5) is 10.1 Å². The van der Waals surface area contributed by atoms with Gasteiger partial charge < -0.3 is 10.3 Å². The van der Waals surface area contributed by atoms with Crippen LogP contribution in [0, 0.1) is 5.82 Å². The fourth-order valence-corrected chi connectivity index (χ4v) is 3.75. The van der Waals surface area contributed by atoms with Crippen molar-refractivity contribution in [3.63, 3.8) is 0 Å². The number of benzene rings is 2. The Labute approximate surface area is 159 Å². The number of aromatic amines is 1. The van der Waals surface area contributed by atoms with Crippen LogP contribution < -0.4 is 5.32 Å². The number of nitrogens with one attached hydrogen (secondary N) is 2. The van der Waals surface area contributed by atoms with Crippen molar-refractivity contribution in [1.29, 1.82) is 0 Å². The fraction of sp³-hybridized carbons (Fsp3) is 0.211. The van der Waals surface area contributed by atoms with E-state index in [1.807, 2.05) is 17.0 Å². The van der Waals surface area contributed by atoms with Gasteiger partial charge in [0.15, 0.2) is 5.82 Å². The molecule has 2 aromatic carbocycles. The number of amides is 1. The van der Waals surface area contributed by atoms with E-state index in [0.717, 1.165) is 16.8 Å². The summed E-state index contributed by atoms with van der Waals surface area (Å²) in [6.07, 6.45) is 0.659. The van der Waals surface area contributed by atoms with E-state index in [1.54, 1.807) is 24.3 Å². The molecule has 0 aliphatic carbocycles. The van der Waals surface area contributed by atoms with Gasteiger partial charge in [-0.3, -0.25) is 9.69 Å². The van der Waals surface area contributed by atoms with Gasteiger partial charge in [0, 0.05) is 29.7 Å². The Bertz CT molecular complexity index is 1000. The molecule has 1 amide bonds. The first kappa shape index (κ1) is 17.3. The van der Waals surface area contributed by atoms with Gasteiger partial charge in [-0.25, -0.2) is 4.39 Å². The molecular formula is C19H16Cl2FN3O. The van der Waals surface area contributed by atoms with Gasteiger partial charge in [0.05, 0.1) is 22.3 Å². The second kappa shape index (κ2) is 6.91. The molecule has 0 bridgehead atoms. The average Bonchev–Trinajstić information content (AvgIpc) is 2.98. The van der Waals surface area contributed by atoms with E-state index in [-0.39, 0.29) is 23.3 Å². The highest BCUT2D eigenvalue weighted by Gasteiger charge is 2.24. The number of nitrogens with zero attached hydrogens (tertiary/aromatic N) is 1. The van der Waals surface area contributed by atoms with Crippen LogP contribution in [0.2, 0.25) is 10.0 Å². The third kappa shape index (κ3) is 3.18. The fourth-order valence-electron chi connectivity index (χ4n) is 3.41. The van der Waals surface area contributed by atoms with E-state index in [1.165, 1.54) is 0 Å². The topological polar surface area (TPSA) is 48.1 Å². The third-order valence-electron chi connectivity index (χ3n) is 4.62. The van der Waals surface area contributed by atoms with Gasteiger partial charge in [0.25, 0.3) is 0 Å². The molecule has 0 saturated heterocycles. The lowest BCUT2D eigenvalue weighted by atomic mass is 10.0. The lowest BCUT2D eigenvalue weighted by molar-refractivity contribution is -0.117.